The SMILES string of the molecule is CCC(C)NC(=O)Cn1cnc2sc(C)c(-c3ccccc3)c2c1=O. The van der Waals surface area contributed by atoms with E-state index >= 15 is 0 Å². The molecule has 2 heterocycles. The van der Waals surface area contributed by atoms with Gasteiger partial charge in [-0.05, 0) is 25.8 Å². The zero-order chi connectivity index (χ0) is 18.0. The number of amides is 1. The van der Waals surface area contributed by atoms with E-state index < -0.39 is 0 Å². The fraction of sp³-hybridized carbons (Fsp3) is 0.316. The van der Waals surface area contributed by atoms with Gasteiger partial charge in [0.25, 0.3) is 5.56 Å². The van der Waals surface area contributed by atoms with E-state index in [4.69, 9.17) is 0 Å². The lowest BCUT2D eigenvalue weighted by Gasteiger charge is -2.12. The molecule has 0 saturated heterocycles. The molecule has 6 heteroatoms. The van der Waals surface area contributed by atoms with Crippen LogP contribution in [0.5, 0.6) is 0 Å². The Hall–Kier alpha value is -2.47. The van der Waals surface area contributed by atoms with Crippen molar-refractivity contribution in [3.8, 4) is 11.1 Å². The maximum atomic E-state index is 13.0. The largest absolute Gasteiger partial charge is 0.352 e. The molecule has 0 aliphatic carbocycles. The first-order chi connectivity index (χ1) is 12.0. The Morgan fingerprint density at radius 1 is 1.32 bits per heavy atom. The van der Waals surface area contributed by atoms with Crippen LogP contribution in [0.2, 0.25) is 0 Å². The second kappa shape index (κ2) is 7.19. The molecule has 1 aromatic carbocycles. The van der Waals surface area contributed by atoms with E-state index in [9.17, 15) is 9.59 Å². The van der Waals surface area contributed by atoms with E-state index in [1.165, 1.54) is 22.2 Å². The number of rotatable bonds is 5. The molecular formula is C19H21N3O2S. The molecular weight excluding hydrogens is 334 g/mol. The minimum atomic E-state index is -0.175. The second-order valence-electron chi connectivity index (χ2n) is 6.13. The lowest BCUT2D eigenvalue weighted by molar-refractivity contribution is -0.122. The van der Waals surface area contributed by atoms with Crippen LogP contribution in [0.25, 0.3) is 21.3 Å². The number of hydrogen-bond acceptors (Lipinski definition) is 4. The van der Waals surface area contributed by atoms with Crippen LogP contribution in [0.15, 0.2) is 41.5 Å². The van der Waals surface area contributed by atoms with Gasteiger partial charge in [-0.2, -0.15) is 0 Å². The number of aryl methyl sites for hydroxylation is 1. The molecule has 0 fully saturated rings. The number of hydrogen-bond donors (Lipinski definition) is 1. The van der Waals surface area contributed by atoms with Crippen LogP contribution in [0.3, 0.4) is 0 Å². The summed E-state index contributed by atoms with van der Waals surface area (Å²) in [6.07, 6.45) is 2.31. The van der Waals surface area contributed by atoms with E-state index in [2.05, 4.69) is 10.3 Å². The van der Waals surface area contributed by atoms with Crippen LogP contribution in [-0.2, 0) is 11.3 Å². The van der Waals surface area contributed by atoms with Gasteiger partial charge >= 0.3 is 0 Å². The fourth-order valence-corrected chi connectivity index (χ4v) is 3.78. The van der Waals surface area contributed by atoms with Gasteiger partial charge in [0.2, 0.25) is 5.91 Å². The molecule has 1 N–H and O–H groups in total. The Kier molecular flexibility index (Phi) is 4.99. The van der Waals surface area contributed by atoms with Crippen molar-refractivity contribution in [3.05, 3.63) is 51.9 Å². The number of benzene rings is 1. The number of nitrogens with zero attached hydrogens (tertiary/aromatic N) is 2. The zero-order valence-electron chi connectivity index (χ0n) is 14.6. The number of fused-ring (bicyclic) bond motifs is 1. The Morgan fingerprint density at radius 2 is 2.04 bits per heavy atom. The predicted octanol–water partition coefficient (Wildman–Crippen LogP) is 3.35. The van der Waals surface area contributed by atoms with Gasteiger partial charge in [0.15, 0.2) is 0 Å². The van der Waals surface area contributed by atoms with Crippen molar-refractivity contribution < 1.29 is 4.79 Å². The molecule has 3 rings (SSSR count). The highest BCUT2D eigenvalue weighted by Crippen LogP contribution is 2.35. The molecule has 25 heavy (non-hydrogen) atoms. The Morgan fingerprint density at radius 3 is 2.72 bits per heavy atom. The van der Waals surface area contributed by atoms with Gasteiger partial charge in [-0.15, -0.1) is 11.3 Å². The van der Waals surface area contributed by atoms with Crippen LogP contribution >= 0.6 is 11.3 Å². The molecule has 3 aromatic rings. The average molecular weight is 355 g/mol. The second-order valence-corrected chi connectivity index (χ2v) is 7.34. The molecule has 5 nitrogen and oxygen atoms in total. The van der Waals surface area contributed by atoms with Crippen molar-refractivity contribution in [1.82, 2.24) is 14.9 Å². The van der Waals surface area contributed by atoms with Crippen molar-refractivity contribution in [2.75, 3.05) is 0 Å². The monoisotopic (exact) mass is 355 g/mol. The molecule has 1 amide bonds. The lowest BCUT2D eigenvalue weighted by Crippen LogP contribution is -2.37. The third-order valence-electron chi connectivity index (χ3n) is 4.25. The van der Waals surface area contributed by atoms with Crippen LogP contribution in [0.4, 0.5) is 0 Å². The molecule has 1 unspecified atom stereocenters. The van der Waals surface area contributed by atoms with Gasteiger partial charge in [0.1, 0.15) is 11.4 Å². The first kappa shape index (κ1) is 17.4. The van der Waals surface area contributed by atoms with Crippen LogP contribution < -0.4 is 10.9 Å². The van der Waals surface area contributed by atoms with Gasteiger partial charge < -0.3 is 5.32 Å². The summed E-state index contributed by atoms with van der Waals surface area (Å²) < 4.78 is 1.39. The van der Waals surface area contributed by atoms with Gasteiger partial charge in [0.05, 0.1) is 11.7 Å². The minimum absolute atomic E-state index is 0.0186. The van der Waals surface area contributed by atoms with Crippen molar-refractivity contribution in [1.29, 1.82) is 0 Å². The Bertz CT molecular complexity index is 960. The zero-order valence-corrected chi connectivity index (χ0v) is 15.4. The fourth-order valence-electron chi connectivity index (χ4n) is 2.78. The Labute approximate surface area is 150 Å². The smallest absolute Gasteiger partial charge is 0.263 e. The molecule has 2 aromatic heterocycles. The number of carbonyl (C=O) groups is 1. The minimum Gasteiger partial charge on any atom is -0.352 e. The van der Waals surface area contributed by atoms with Gasteiger partial charge in [-0.1, -0.05) is 37.3 Å². The van der Waals surface area contributed by atoms with Crippen molar-refractivity contribution >= 4 is 27.5 Å². The van der Waals surface area contributed by atoms with Gasteiger partial charge in [-0.3, -0.25) is 14.2 Å². The molecule has 130 valence electrons. The summed E-state index contributed by atoms with van der Waals surface area (Å²) in [7, 11) is 0. The average Bonchev–Trinajstić information content (AvgIpc) is 2.95. The van der Waals surface area contributed by atoms with Crippen molar-refractivity contribution in [2.45, 2.75) is 39.8 Å². The number of carbonyl (C=O) groups excluding carboxylic acids is 1. The third kappa shape index (κ3) is 3.49. The van der Waals surface area contributed by atoms with E-state index in [1.807, 2.05) is 51.1 Å². The summed E-state index contributed by atoms with van der Waals surface area (Å²) in [5.41, 5.74) is 1.73. The Balaban J connectivity index is 2.05. The quantitative estimate of drug-likeness (QED) is 0.763. The molecule has 0 radical (unpaired) electrons. The van der Waals surface area contributed by atoms with E-state index in [1.54, 1.807) is 0 Å². The first-order valence-corrected chi connectivity index (χ1v) is 9.16. The topological polar surface area (TPSA) is 64.0 Å². The summed E-state index contributed by atoms with van der Waals surface area (Å²) in [6.45, 7) is 5.92. The normalized spacial score (nSPS) is 12.3. The summed E-state index contributed by atoms with van der Waals surface area (Å²) >= 11 is 1.50. The maximum Gasteiger partial charge on any atom is 0.263 e. The highest BCUT2D eigenvalue weighted by atomic mass is 32.1. The van der Waals surface area contributed by atoms with Crippen molar-refractivity contribution in [2.24, 2.45) is 0 Å². The summed E-state index contributed by atoms with van der Waals surface area (Å²) in [5, 5.41) is 3.47. The molecule has 1 atom stereocenters. The molecule has 0 aliphatic rings. The third-order valence-corrected chi connectivity index (χ3v) is 5.26. The molecule has 0 bridgehead atoms. The molecule has 0 aliphatic heterocycles. The number of thiophene rings is 1. The summed E-state index contributed by atoms with van der Waals surface area (Å²) in [6, 6.07) is 9.91. The van der Waals surface area contributed by atoms with E-state index in [0.717, 1.165) is 22.4 Å². The first-order valence-electron chi connectivity index (χ1n) is 8.34. The summed E-state index contributed by atoms with van der Waals surface area (Å²) in [5.74, 6) is -0.175. The standard InChI is InChI=1S/C19H21N3O2S/c1-4-12(2)21-15(23)10-22-11-20-18-17(19(22)24)16(13(3)25-18)14-8-6-5-7-9-14/h5-9,11-12H,4,10H2,1-3H3,(H,21,23). The highest BCUT2D eigenvalue weighted by molar-refractivity contribution is 7.19. The van der Waals surface area contributed by atoms with E-state index in [0.29, 0.717) is 10.2 Å². The van der Waals surface area contributed by atoms with Gasteiger partial charge in [0, 0.05) is 16.5 Å². The maximum absolute atomic E-state index is 13.0. The van der Waals surface area contributed by atoms with Crippen LogP contribution in [0, 0.1) is 6.92 Å². The lowest BCUT2D eigenvalue weighted by atomic mass is 10.0. The predicted molar refractivity (Wildman–Crippen MR) is 102 cm³/mol. The number of nitrogens with one attached hydrogen (secondary N) is 1. The number of aromatic nitrogens is 2. The van der Waals surface area contributed by atoms with Gasteiger partial charge in [-0.25, -0.2) is 4.98 Å². The summed E-state index contributed by atoms with van der Waals surface area (Å²) in [4.78, 5) is 31.3. The van der Waals surface area contributed by atoms with Crippen LogP contribution in [-0.4, -0.2) is 21.5 Å². The van der Waals surface area contributed by atoms with Crippen molar-refractivity contribution in [3.63, 3.8) is 0 Å². The molecule has 0 spiro atoms. The molecule has 0 saturated carbocycles. The van der Waals surface area contributed by atoms with E-state index in [-0.39, 0.29) is 24.1 Å². The highest BCUT2D eigenvalue weighted by Gasteiger charge is 2.17. The van der Waals surface area contributed by atoms with Crippen LogP contribution in [0.1, 0.15) is 25.1 Å².